The predicted molar refractivity (Wildman–Crippen MR) is 232 cm³/mol. The Morgan fingerprint density at radius 1 is 0.421 bits per heavy atom. The molecule has 57 heavy (non-hydrogen) atoms. The van der Waals surface area contributed by atoms with E-state index < -0.39 is 0 Å². The van der Waals surface area contributed by atoms with Crippen LogP contribution in [0.1, 0.15) is 0 Å². The van der Waals surface area contributed by atoms with Crippen LogP contribution in [0, 0.1) is 6.57 Å². The lowest BCUT2D eigenvalue weighted by Gasteiger charge is -2.14. The van der Waals surface area contributed by atoms with E-state index in [2.05, 4.69) is 160 Å². The first-order chi connectivity index (χ1) is 28.2. The molecular formula is C51H30N6. The third kappa shape index (κ3) is 5.49. The number of fused-ring (bicyclic) bond motifs is 6. The first-order valence-electron chi connectivity index (χ1n) is 18.8. The van der Waals surface area contributed by atoms with E-state index in [9.17, 15) is 0 Å². The molecule has 11 aromatic rings. The minimum Gasteiger partial charge on any atom is -0.308 e. The Labute approximate surface area is 327 Å². The van der Waals surface area contributed by atoms with Crippen molar-refractivity contribution in [3.63, 3.8) is 0 Å². The van der Waals surface area contributed by atoms with Crippen LogP contribution in [0.3, 0.4) is 0 Å². The summed E-state index contributed by atoms with van der Waals surface area (Å²) in [4.78, 5) is 23.6. The molecule has 0 unspecified atom stereocenters. The summed E-state index contributed by atoms with van der Waals surface area (Å²) in [6.07, 6.45) is 3.66. The van der Waals surface area contributed by atoms with Gasteiger partial charge in [0.05, 0.1) is 29.5 Å². The molecule has 0 spiro atoms. The zero-order valence-corrected chi connectivity index (χ0v) is 30.5. The largest absolute Gasteiger partial charge is 0.308 e. The van der Waals surface area contributed by atoms with E-state index in [1.54, 1.807) is 6.20 Å². The normalized spacial score (nSPS) is 11.5. The monoisotopic (exact) mass is 726 g/mol. The lowest BCUT2D eigenvalue weighted by atomic mass is 9.94. The van der Waals surface area contributed by atoms with Crippen LogP contribution < -0.4 is 0 Å². The van der Waals surface area contributed by atoms with Gasteiger partial charge in [0.2, 0.25) is 0 Å². The van der Waals surface area contributed by atoms with E-state index in [0.29, 0.717) is 23.2 Å². The highest BCUT2D eigenvalue weighted by molar-refractivity contribution is 6.13. The summed E-state index contributed by atoms with van der Waals surface area (Å²) in [6, 6.07) is 58.8. The molecule has 6 nitrogen and oxygen atoms in total. The van der Waals surface area contributed by atoms with Gasteiger partial charge in [0.15, 0.2) is 23.2 Å². The maximum atomic E-state index is 7.74. The SMILES string of the molecule is [C-]#[N+]c1ccc2c(c1)c1cc(-c3ccc(-c4nc(-c5ccc6ccccc6c5)nc(-c5ccc6ccccc6c5)n4)c4ccccc34)ccc1n2-c1cccnc1. The van der Waals surface area contributed by atoms with Crippen LogP contribution in [0.25, 0.3) is 110 Å². The van der Waals surface area contributed by atoms with Gasteiger partial charge < -0.3 is 4.57 Å². The maximum absolute atomic E-state index is 7.74. The van der Waals surface area contributed by atoms with Gasteiger partial charge in [0, 0.05) is 28.3 Å². The van der Waals surface area contributed by atoms with Crippen molar-refractivity contribution in [3.05, 3.63) is 194 Å². The number of hydrogen-bond acceptors (Lipinski definition) is 4. The molecule has 0 N–H and O–H groups in total. The van der Waals surface area contributed by atoms with E-state index in [0.717, 1.165) is 76.9 Å². The minimum atomic E-state index is 0.608. The second kappa shape index (κ2) is 13.1. The molecule has 0 saturated carbocycles. The van der Waals surface area contributed by atoms with Crippen LogP contribution in [-0.4, -0.2) is 24.5 Å². The van der Waals surface area contributed by atoms with Crippen molar-refractivity contribution >= 4 is 59.8 Å². The molecule has 264 valence electrons. The lowest BCUT2D eigenvalue weighted by Crippen LogP contribution is -2.01. The van der Waals surface area contributed by atoms with E-state index >= 15 is 0 Å². The summed E-state index contributed by atoms with van der Waals surface area (Å²) in [6.45, 7) is 7.74. The van der Waals surface area contributed by atoms with Gasteiger partial charge in [0.25, 0.3) is 0 Å². The number of rotatable bonds is 5. The zero-order chi connectivity index (χ0) is 37.9. The van der Waals surface area contributed by atoms with Crippen LogP contribution in [0.15, 0.2) is 182 Å². The van der Waals surface area contributed by atoms with E-state index in [1.807, 2.05) is 30.5 Å². The third-order valence-electron chi connectivity index (χ3n) is 10.9. The molecule has 0 atom stereocenters. The molecular weight excluding hydrogens is 697 g/mol. The topological polar surface area (TPSA) is 60.9 Å². The Balaban J connectivity index is 1.10. The van der Waals surface area contributed by atoms with Crippen molar-refractivity contribution in [1.29, 1.82) is 0 Å². The predicted octanol–water partition coefficient (Wildman–Crippen LogP) is 13.0. The Morgan fingerprint density at radius 2 is 0.982 bits per heavy atom. The fourth-order valence-corrected chi connectivity index (χ4v) is 8.17. The van der Waals surface area contributed by atoms with Crippen molar-refractivity contribution in [2.45, 2.75) is 0 Å². The molecule has 0 aliphatic heterocycles. The molecule has 3 aromatic heterocycles. The molecule has 3 heterocycles. The molecule has 6 heteroatoms. The summed E-state index contributed by atoms with van der Waals surface area (Å²) >= 11 is 0. The number of aromatic nitrogens is 5. The zero-order valence-electron chi connectivity index (χ0n) is 30.5. The van der Waals surface area contributed by atoms with Gasteiger partial charge in [0.1, 0.15) is 0 Å². The van der Waals surface area contributed by atoms with Crippen molar-refractivity contribution in [3.8, 4) is 51.0 Å². The van der Waals surface area contributed by atoms with Gasteiger partial charge in [-0.05, 0) is 103 Å². The maximum Gasteiger partial charge on any atom is 0.188 e. The third-order valence-corrected chi connectivity index (χ3v) is 10.9. The average molecular weight is 727 g/mol. The molecule has 0 saturated heterocycles. The molecule has 11 rings (SSSR count). The molecule has 0 amide bonds. The van der Waals surface area contributed by atoms with Gasteiger partial charge in [-0.1, -0.05) is 115 Å². The van der Waals surface area contributed by atoms with Gasteiger partial charge in [-0.3, -0.25) is 4.98 Å². The summed E-state index contributed by atoms with van der Waals surface area (Å²) in [5.41, 5.74) is 8.62. The Bertz CT molecular complexity index is 3340. The molecule has 0 aliphatic rings. The Hall–Kier alpha value is -8.01. The van der Waals surface area contributed by atoms with Crippen LogP contribution in [0.5, 0.6) is 0 Å². The second-order valence-electron chi connectivity index (χ2n) is 14.2. The number of nitrogens with zero attached hydrogens (tertiary/aromatic N) is 6. The standard InChI is InChI=1S/C51H30N6/c1-52-39-21-25-48-46(30-39)45-29-36(20-24-47(45)57(48)40-13-8-26-53-31-40)41-22-23-44(43-15-7-6-14-42(41)43)51-55-49(37-18-16-32-9-2-4-11-34(32)27-37)54-50(56-51)38-19-17-33-10-3-5-12-35(33)28-38/h2-31H. The van der Waals surface area contributed by atoms with Gasteiger partial charge in [-0.25, -0.2) is 19.8 Å². The van der Waals surface area contributed by atoms with Gasteiger partial charge in [-0.2, -0.15) is 0 Å². The quantitative estimate of drug-likeness (QED) is 0.166. The van der Waals surface area contributed by atoms with Crippen LogP contribution in [0.4, 0.5) is 5.69 Å². The van der Waals surface area contributed by atoms with Crippen LogP contribution in [0.2, 0.25) is 0 Å². The summed E-state index contributed by atoms with van der Waals surface area (Å²) < 4.78 is 2.22. The number of pyridine rings is 1. The van der Waals surface area contributed by atoms with Crippen molar-refractivity contribution in [2.24, 2.45) is 0 Å². The molecule has 0 bridgehead atoms. The highest BCUT2D eigenvalue weighted by atomic mass is 15.0. The van der Waals surface area contributed by atoms with Crippen LogP contribution in [-0.2, 0) is 0 Å². The fourth-order valence-electron chi connectivity index (χ4n) is 8.17. The van der Waals surface area contributed by atoms with Gasteiger partial charge in [-0.15, -0.1) is 0 Å². The smallest absolute Gasteiger partial charge is 0.188 e. The van der Waals surface area contributed by atoms with Gasteiger partial charge >= 0.3 is 0 Å². The Morgan fingerprint density at radius 3 is 1.63 bits per heavy atom. The molecule has 8 aromatic carbocycles. The Kier molecular flexibility index (Phi) is 7.44. The first kappa shape index (κ1) is 32.4. The van der Waals surface area contributed by atoms with Crippen LogP contribution >= 0.6 is 0 Å². The highest BCUT2D eigenvalue weighted by Crippen LogP contribution is 2.40. The molecule has 0 fully saturated rings. The number of hydrogen-bond donors (Lipinski definition) is 0. The van der Waals surface area contributed by atoms with E-state index in [4.69, 9.17) is 21.5 Å². The minimum absolute atomic E-state index is 0.608. The van der Waals surface area contributed by atoms with Crippen molar-refractivity contribution < 1.29 is 0 Å². The highest BCUT2D eigenvalue weighted by Gasteiger charge is 2.19. The second-order valence-corrected chi connectivity index (χ2v) is 14.2. The summed E-state index contributed by atoms with van der Waals surface area (Å²) in [7, 11) is 0. The average Bonchev–Trinajstić information content (AvgIpc) is 3.61. The molecule has 0 radical (unpaired) electrons. The van der Waals surface area contributed by atoms with Crippen molar-refractivity contribution in [1.82, 2.24) is 24.5 Å². The summed E-state index contributed by atoms with van der Waals surface area (Å²) in [5.74, 6) is 1.85. The fraction of sp³-hybridized carbons (Fsp3) is 0. The number of benzene rings is 8. The summed E-state index contributed by atoms with van der Waals surface area (Å²) in [5, 5.41) is 8.82. The first-order valence-corrected chi connectivity index (χ1v) is 18.8. The van der Waals surface area contributed by atoms with Crippen molar-refractivity contribution in [2.75, 3.05) is 0 Å². The lowest BCUT2D eigenvalue weighted by molar-refractivity contribution is 1.08. The van der Waals surface area contributed by atoms with E-state index in [-0.39, 0.29) is 0 Å². The molecule has 0 aliphatic carbocycles. The van der Waals surface area contributed by atoms with E-state index in [1.165, 1.54) is 10.8 Å².